The third kappa shape index (κ3) is 3.24. The maximum absolute atomic E-state index is 9.00. The lowest BCUT2D eigenvalue weighted by Crippen LogP contribution is -2.24. The van der Waals surface area contributed by atoms with Gasteiger partial charge < -0.3 is 14.0 Å². The summed E-state index contributed by atoms with van der Waals surface area (Å²) in [6, 6.07) is 17.3. The summed E-state index contributed by atoms with van der Waals surface area (Å²) in [5.41, 5.74) is 1.73. The minimum atomic E-state index is -0.293. The smallest absolute Gasteiger partial charge is 0.192 e. The molecule has 0 fully saturated rings. The average molecular weight is 364 g/mol. The van der Waals surface area contributed by atoms with Gasteiger partial charge in [0.25, 0.3) is 0 Å². The predicted octanol–water partition coefficient (Wildman–Crippen LogP) is 3.49. The van der Waals surface area contributed by atoms with Crippen LogP contribution >= 0.6 is 11.8 Å². The van der Waals surface area contributed by atoms with E-state index in [0.29, 0.717) is 23.7 Å². The first-order chi connectivity index (χ1) is 12.7. The van der Waals surface area contributed by atoms with Crippen LogP contribution in [-0.4, -0.2) is 21.4 Å². The minimum Gasteiger partial charge on any atom is -0.485 e. The fraction of sp³-hybridized carbons (Fsp3) is 0.211. The number of aromatic nitrogens is 3. The van der Waals surface area contributed by atoms with E-state index in [1.165, 1.54) is 0 Å². The van der Waals surface area contributed by atoms with Gasteiger partial charge >= 0.3 is 0 Å². The maximum atomic E-state index is 9.00. The Balaban J connectivity index is 1.48. The highest BCUT2D eigenvalue weighted by molar-refractivity contribution is 7.98. The van der Waals surface area contributed by atoms with E-state index in [1.54, 1.807) is 17.8 Å². The Labute approximate surface area is 155 Å². The van der Waals surface area contributed by atoms with Crippen LogP contribution in [0.2, 0.25) is 0 Å². The van der Waals surface area contributed by atoms with Crippen molar-refractivity contribution in [1.82, 2.24) is 14.8 Å². The average Bonchev–Trinajstić information content (AvgIpc) is 3.06. The Morgan fingerprint density at radius 3 is 2.88 bits per heavy atom. The highest BCUT2D eigenvalue weighted by atomic mass is 32.2. The van der Waals surface area contributed by atoms with E-state index in [1.807, 2.05) is 54.1 Å². The van der Waals surface area contributed by atoms with Gasteiger partial charge in [-0.1, -0.05) is 36.0 Å². The van der Waals surface area contributed by atoms with Crippen LogP contribution in [0.25, 0.3) is 0 Å². The van der Waals surface area contributed by atoms with Gasteiger partial charge in [0.2, 0.25) is 0 Å². The van der Waals surface area contributed by atoms with E-state index < -0.39 is 0 Å². The topological polar surface area (TPSA) is 73.0 Å². The molecule has 2 aromatic carbocycles. The van der Waals surface area contributed by atoms with Gasteiger partial charge in [-0.25, -0.2) is 0 Å². The molecule has 0 bridgehead atoms. The van der Waals surface area contributed by atoms with Crippen LogP contribution in [0.1, 0.15) is 23.1 Å². The fourth-order valence-electron chi connectivity index (χ4n) is 2.76. The summed E-state index contributed by atoms with van der Waals surface area (Å²) >= 11 is 1.57. The lowest BCUT2D eigenvalue weighted by Gasteiger charge is -2.25. The monoisotopic (exact) mass is 364 g/mol. The van der Waals surface area contributed by atoms with Gasteiger partial charge in [-0.15, -0.1) is 10.2 Å². The first-order valence-corrected chi connectivity index (χ1v) is 9.13. The number of nitriles is 1. The molecule has 0 radical (unpaired) electrons. The highest BCUT2D eigenvalue weighted by Crippen LogP contribution is 2.36. The molecule has 2 heterocycles. The van der Waals surface area contributed by atoms with Crippen molar-refractivity contribution in [2.75, 3.05) is 6.61 Å². The van der Waals surface area contributed by atoms with E-state index in [2.05, 4.69) is 16.3 Å². The second-order valence-electron chi connectivity index (χ2n) is 5.86. The van der Waals surface area contributed by atoms with Crippen LogP contribution in [0, 0.1) is 11.3 Å². The second kappa shape index (κ2) is 7.10. The summed E-state index contributed by atoms with van der Waals surface area (Å²) in [6.45, 7) is 0.401. The molecule has 0 aliphatic carbocycles. The Morgan fingerprint density at radius 2 is 2.04 bits per heavy atom. The molecule has 0 amide bonds. The van der Waals surface area contributed by atoms with E-state index >= 15 is 0 Å². The number of ether oxygens (including phenoxy) is 2. The van der Waals surface area contributed by atoms with Crippen LogP contribution in [0.15, 0.2) is 53.7 Å². The summed E-state index contributed by atoms with van der Waals surface area (Å²) in [7, 11) is 1.92. The molecule has 1 aliphatic rings. The lowest BCUT2D eigenvalue weighted by atomic mass is 10.2. The van der Waals surface area contributed by atoms with Crippen LogP contribution < -0.4 is 9.47 Å². The van der Waals surface area contributed by atoms with Crippen molar-refractivity contribution in [2.45, 2.75) is 17.0 Å². The molecule has 1 aliphatic heterocycles. The molecule has 4 rings (SSSR count). The zero-order valence-electron chi connectivity index (χ0n) is 14.1. The molecule has 1 aromatic heterocycles. The van der Waals surface area contributed by atoms with Gasteiger partial charge in [0, 0.05) is 12.8 Å². The largest absolute Gasteiger partial charge is 0.485 e. The van der Waals surface area contributed by atoms with Gasteiger partial charge in [0.15, 0.2) is 28.6 Å². The van der Waals surface area contributed by atoms with Crippen molar-refractivity contribution < 1.29 is 9.47 Å². The molecule has 3 aromatic rings. The van der Waals surface area contributed by atoms with Crippen molar-refractivity contribution in [3.63, 3.8) is 0 Å². The lowest BCUT2D eigenvalue weighted by molar-refractivity contribution is 0.0825. The molecule has 0 N–H and O–H groups in total. The van der Waals surface area contributed by atoms with Crippen LogP contribution in [0.3, 0.4) is 0 Å². The summed E-state index contributed by atoms with van der Waals surface area (Å²) in [6.07, 6.45) is -0.293. The van der Waals surface area contributed by atoms with Crippen LogP contribution in [0.4, 0.5) is 0 Å². The molecular weight excluding hydrogens is 348 g/mol. The Bertz CT molecular complexity index is 980. The number of rotatable bonds is 4. The number of thioether (sulfide) groups is 1. The molecule has 0 spiro atoms. The Morgan fingerprint density at radius 1 is 1.19 bits per heavy atom. The molecule has 1 unspecified atom stereocenters. The van der Waals surface area contributed by atoms with Gasteiger partial charge in [-0.2, -0.15) is 5.26 Å². The summed E-state index contributed by atoms with van der Waals surface area (Å²) < 4.78 is 13.7. The number of hydrogen-bond donors (Lipinski definition) is 0. The molecule has 26 heavy (non-hydrogen) atoms. The molecule has 1 atom stereocenters. The second-order valence-corrected chi connectivity index (χ2v) is 6.81. The van der Waals surface area contributed by atoms with Crippen molar-refractivity contribution in [3.05, 3.63) is 65.5 Å². The van der Waals surface area contributed by atoms with E-state index in [-0.39, 0.29) is 6.10 Å². The zero-order valence-corrected chi connectivity index (χ0v) is 14.9. The third-order valence-electron chi connectivity index (χ3n) is 4.09. The number of hydrogen-bond acceptors (Lipinski definition) is 6. The first-order valence-electron chi connectivity index (χ1n) is 8.14. The van der Waals surface area contributed by atoms with Crippen molar-refractivity contribution in [1.29, 1.82) is 5.26 Å². The van der Waals surface area contributed by atoms with Crippen LogP contribution in [0.5, 0.6) is 11.5 Å². The van der Waals surface area contributed by atoms with Crippen molar-refractivity contribution >= 4 is 11.8 Å². The van der Waals surface area contributed by atoms with Crippen LogP contribution in [-0.2, 0) is 12.8 Å². The van der Waals surface area contributed by atoms with Gasteiger partial charge in [-0.05, 0) is 29.8 Å². The van der Waals surface area contributed by atoms with Crippen molar-refractivity contribution in [2.24, 2.45) is 7.05 Å². The normalized spacial score (nSPS) is 15.5. The van der Waals surface area contributed by atoms with E-state index in [0.717, 1.165) is 22.3 Å². The molecule has 0 saturated heterocycles. The van der Waals surface area contributed by atoms with E-state index in [4.69, 9.17) is 14.7 Å². The van der Waals surface area contributed by atoms with Gasteiger partial charge in [0.05, 0.1) is 11.6 Å². The third-order valence-corrected chi connectivity index (χ3v) is 5.18. The standard InChI is InChI=1S/C19H16N4O2S/c1-23-18(17-11-24-15-7-2-3-8-16(15)25-17)21-22-19(23)26-12-14-6-4-5-13(9-14)10-20/h2-9,17H,11-12H2,1H3. The van der Waals surface area contributed by atoms with Gasteiger partial charge in [0.1, 0.15) is 6.61 Å². The first kappa shape index (κ1) is 16.5. The van der Waals surface area contributed by atoms with E-state index in [9.17, 15) is 0 Å². The predicted molar refractivity (Wildman–Crippen MR) is 97.0 cm³/mol. The fourth-order valence-corrected chi connectivity index (χ4v) is 3.62. The molecule has 6 nitrogen and oxygen atoms in total. The SMILES string of the molecule is Cn1c(SCc2cccc(C#N)c2)nnc1C1COc2ccccc2O1. The quantitative estimate of drug-likeness (QED) is 0.660. The Kier molecular flexibility index (Phi) is 4.50. The molecular formula is C19H16N4O2S. The molecule has 7 heteroatoms. The van der Waals surface area contributed by atoms with Crippen molar-refractivity contribution in [3.8, 4) is 17.6 Å². The summed E-state index contributed by atoms with van der Waals surface area (Å²) in [5, 5.41) is 18.4. The molecule has 130 valence electrons. The summed E-state index contributed by atoms with van der Waals surface area (Å²) in [5.74, 6) is 2.91. The highest BCUT2D eigenvalue weighted by Gasteiger charge is 2.27. The van der Waals surface area contributed by atoms with Gasteiger partial charge in [-0.3, -0.25) is 0 Å². The maximum Gasteiger partial charge on any atom is 0.192 e. The minimum absolute atomic E-state index is 0.293. The number of benzene rings is 2. The zero-order chi connectivity index (χ0) is 17.9. The number of para-hydroxylation sites is 2. The molecule has 0 saturated carbocycles. The number of nitrogens with zero attached hydrogens (tertiary/aromatic N) is 4. The number of fused-ring (bicyclic) bond motifs is 1. The Hall–Kier alpha value is -2.98. The summed E-state index contributed by atoms with van der Waals surface area (Å²) in [4.78, 5) is 0.